The number of carbonyl (C=O) groups excluding carboxylic acids is 1. The van der Waals surface area contributed by atoms with Crippen LogP contribution in [0.3, 0.4) is 0 Å². The number of para-hydroxylation sites is 1. The van der Waals surface area contributed by atoms with Gasteiger partial charge in [0.1, 0.15) is 17.4 Å². The molecule has 1 aliphatic heterocycles. The van der Waals surface area contributed by atoms with Crippen LogP contribution in [0.25, 0.3) is 21.2 Å². The average Bonchev–Trinajstić information content (AvgIpc) is 3.27. The van der Waals surface area contributed by atoms with Gasteiger partial charge in [-0.15, -0.1) is 0 Å². The molecule has 0 bridgehead atoms. The van der Waals surface area contributed by atoms with Crippen LogP contribution in [0.2, 0.25) is 5.02 Å². The molecule has 1 aliphatic rings. The van der Waals surface area contributed by atoms with Crippen LogP contribution in [-0.2, 0) is 0 Å². The summed E-state index contributed by atoms with van der Waals surface area (Å²) in [6, 6.07) is 10.9. The molecule has 1 saturated heterocycles. The van der Waals surface area contributed by atoms with Gasteiger partial charge >= 0.3 is 0 Å². The van der Waals surface area contributed by atoms with Crippen molar-refractivity contribution in [2.24, 2.45) is 0 Å². The molecule has 170 valence electrons. The predicted molar refractivity (Wildman–Crippen MR) is 133 cm³/mol. The zero-order valence-corrected chi connectivity index (χ0v) is 19.7. The molecule has 1 fully saturated rings. The molecule has 1 amide bonds. The van der Waals surface area contributed by atoms with Crippen LogP contribution in [0.15, 0.2) is 51.9 Å². The van der Waals surface area contributed by atoms with E-state index < -0.39 is 5.91 Å². The highest BCUT2D eigenvalue weighted by Gasteiger charge is 2.21. The van der Waals surface area contributed by atoms with Crippen LogP contribution in [0.4, 0.5) is 5.13 Å². The van der Waals surface area contributed by atoms with E-state index in [0.29, 0.717) is 24.1 Å². The molecule has 0 atom stereocenters. The number of fused-ring (bicyclic) bond motifs is 2. The number of rotatable bonds is 5. The van der Waals surface area contributed by atoms with E-state index in [4.69, 9.17) is 21.0 Å². The van der Waals surface area contributed by atoms with Gasteiger partial charge in [-0.3, -0.25) is 14.5 Å². The van der Waals surface area contributed by atoms with Crippen LogP contribution >= 0.6 is 22.9 Å². The van der Waals surface area contributed by atoms with Crippen LogP contribution in [0, 0.1) is 6.92 Å². The van der Waals surface area contributed by atoms with Gasteiger partial charge in [0.05, 0.1) is 15.6 Å². The number of nitrogens with zero attached hydrogens (tertiary/aromatic N) is 3. The number of anilines is 1. The molecule has 2 aromatic carbocycles. The number of nitrogens with one attached hydrogen (secondary N) is 1. The molecule has 33 heavy (non-hydrogen) atoms. The molecule has 9 heteroatoms. The zero-order chi connectivity index (χ0) is 22.9. The molecule has 3 heterocycles. The predicted octanol–water partition coefficient (Wildman–Crippen LogP) is 3.92. The van der Waals surface area contributed by atoms with Gasteiger partial charge in [-0.2, -0.15) is 0 Å². The number of thiazole rings is 1. The highest BCUT2D eigenvalue weighted by Crippen LogP contribution is 2.33. The van der Waals surface area contributed by atoms with E-state index in [0.717, 1.165) is 52.1 Å². The Morgan fingerprint density at radius 1 is 1.18 bits per heavy atom. The third-order valence-corrected chi connectivity index (χ3v) is 7.51. The molecular weight excluding hydrogens is 460 g/mol. The lowest BCUT2D eigenvalue weighted by molar-refractivity contribution is 0.0945. The van der Waals surface area contributed by atoms with E-state index in [2.05, 4.69) is 15.1 Å². The van der Waals surface area contributed by atoms with E-state index in [9.17, 15) is 9.59 Å². The number of benzene rings is 2. The average molecular weight is 483 g/mol. The van der Waals surface area contributed by atoms with Crippen molar-refractivity contribution in [2.75, 3.05) is 44.2 Å². The van der Waals surface area contributed by atoms with Gasteiger partial charge in [-0.1, -0.05) is 35.1 Å². The monoisotopic (exact) mass is 482 g/mol. The molecule has 0 aliphatic carbocycles. The minimum Gasteiger partial charge on any atom is -0.463 e. The van der Waals surface area contributed by atoms with Crippen molar-refractivity contribution >= 4 is 55.2 Å². The zero-order valence-electron chi connectivity index (χ0n) is 18.1. The Morgan fingerprint density at radius 2 is 1.97 bits per heavy atom. The number of piperazine rings is 1. The number of aryl methyl sites for hydroxylation is 1. The minimum atomic E-state index is -0.406. The topological polar surface area (TPSA) is 78.7 Å². The number of carbonyl (C=O) groups is 1. The first-order valence-electron chi connectivity index (χ1n) is 10.8. The maximum Gasteiger partial charge on any atom is 0.258 e. The maximum atomic E-state index is 12.6. The molecule has 5 rings (SSSR count). The Hall–Kier alpha value is -2.94. The first kappa shape index (κ1) is 21.9. The van der Waals surface area contributed by atoms with E-state index in [1.165, 1.54) is 6.26 Å². The van der Waals surface area contributed by atoms with Crippen LogP contribution < -0.4 is 15.6 Å². The minimum absolute atomic E-state index is 0.0322. The molecule has 1 N–H and O–H groups in total. The third-order valence-electron chi connectivity index (χ3n) is 6.02. The highest BCUT2D eigenvalue weighted by molar-refractivity contribution is 7.22. The summed E-state index contributed by atoms with van der Waals surface area (Å²) in [5, 5.41) is 5.02. The van der Waals surface area contributed by atoms with Gasteiger partial charge in [0.15, 0.2) is 5.13 Å². The van der Waals surface area contributed by atoms with E-state index in [-0.39, 0.29) is 11.0 Å². The van der Waals surface area contributed by atoms with Gasteiger partial charge in [-0.25, -0.2) is 4.98 Å². The Kier molecular flexibility index (Phi) is 6.05. The van der Waals surface area contributed by atoms with Crippen LogP contribution in [0.1, 0.15) is 15.9 Å². The van der Waals surface area contributed by atoms with Crippen molar-refractivity contribution in [3.63, 3.8) is 0 Å². The van der Waals surface area contributed by atoms with Crippen LogP contribution in [0.5, 0.6) is 0 Å². The fourth-order valence-corrected chi connectivity index (χ4v) is 5.27. The van der Waals surface area contributed by atoms with E-state index >= 15 is 0 Å². The number of aromatic nitrogens is 1. The lowest BCUT2D eigenvalue weighted by Gasteiger charge is -2.34. The lowest BCUT2D eigenvalue weighted by Crippen LogP contribution is -2.48. The Labute approximate surface area is 199 Å². The van der Waals surface area contributed by atoms with Crippen molar-refractivity contribution in [1.82, 2.24) is 15.2 Å². The summed E-state index contributed by atoms with van der Waals surface area (Å²) in [6.07, 6.45) is 1.24. The molecular formula is C24H23ClN4O3S. The number of amides is 1. The van der Waals surface area contributed by atoms with Crippen molar-refractivity contribution < 1.29 is 9.21 Å². The normalized spacial score (nSPS) is 14.8. The Balaban J connectivity index is 1.15. The summed E-state index contributed by atoms with van der Waals surface area (Å²) in [5.74, 6) is -0.406. The second kappa shape index (κ2) is 9.13. The third kappa shape index (κ3) is 4.34. The maximum absolute atomic E-state index is 12.6. The summed E-state index contributed by atoms with van der Waals surface area (Å²) in [6.45, 7) is 6.68. The Morgan fingerprint density at radius 3 is 2.79 bits per heavy atom. The summed E-state index contributed by atoms with van der Waals surface area (Å²) in [5.41, 5.74) is 2.20. The van der Waals surface area contributed by atoms with E-state index in [1.807, 2.05) is 19.1 Å². The number of halogens is 1. The first-order valence-corrected chi connectivity index (χ1v) is 12.0. The molecule has 2 aromatic heterocycles. The van der Waals surface area contributed by atoms with Gasteiger partial charge in [0.25, 0.3) is 5.91 Å². The summed E-state index contributed by atoms with van der Waals surface area (Å²) < 4.78 is 6.59. The number of hydrogen-bond acceptors (Lipinski definition) is 7. The smallest absolute Gasteiger partial charge is 0.258 e. The van der Waals surface area contributed by atoms with Crippen molar-refractivity contribution in [1.29, 1.82) is 0 Å². The van der Waals surface area contributed by atoms with E-state index in [1.54, 1.807) is 35.6 Å². The SMILES string of the molecule is Cc1c(Cl)ccc2sc(N3CCN(CCNC(=O)c4coc5ccccc5c4=O)CC3)nc12. The molecule has 0 unspecified atom stereocenters. The van der Waals surface area contributed by atoms with Crippen molar-refractivity contribution in [2.45, 2.75) is 6.92 Å². The van der Waals surface area contributed by atoms with Gasteiger partial charge in [0, 0.05) is 44.3 Å². The fourth-order valence-electron chi connectivity index (χ4n) is 4.04. The van der Waals surface area contributed by atoms with Crippen molar-refractivity contribution in [3.05, 3.63) is 69.0 Å². The molecule has 0 radical (unpaired) electrons. The van der Waals surface area contributed by atoms with Crippen molar-refractivity contribution in [3.8, 4) is 0 Å². The fraction of sp³-hybridized carbons (Fsp3) is 0.292. The number of hydrogen-bond donors (Lipinski definition) is 1. The Bertz CT molecular complexity index is 1390. The van der Waals surface area contributed by atoms with Gasteiger partial charge in [-0.05, 0) is 36.8 Å². The first-order chi connectivity index (χ1) is 16.0. The second-order valence-corrected chi connectivity index (χ2v) is 9.49. The van der Waals surface area contributed by atoms with Crippen LogP contribution in [-0.4, -0.2) is 55.1 Å². The van der Waals surface area contributed by atoms with Gasteiger partial charge < -0.3 is 14.6 Å². The largest absolute Gasteiger partial charge is 0.463 e. The summed E-state index contributed by atoms with van der Waals surface area (Å²) in [4.78, 5) is 34.5. The summed E-state index contributed by atoms with van der Waals surface area (Å²) >= 11 is 7.93. The lowest BCUT2D eigenvalue weighted by atomic mass is 10.1. The molecule has 0 spiro atoms. The highest BCUT2D eigenvalue weighted by atomic mass is 35.5. The second-order valence-electron chi connectivity index (χ2n) is 8.07. The molecule has 7 nitrogen and oxygen atoms in total. The molecule has 4 aromatic rings. The standard InChI is InChI=1S/C24H23ClN4O3S/c1-15-18(25)6-7-20-21(15)27-24(33-20)29-12-10-28(11-13-29)9-8-26-23(31)17-14-32-19-5-3-2-4-16(19)22(17)30/h2-7,14H,8-13H2,1H3,(H,26,31). The van der Waals surface area contributed by atoms with Gasteiger partial charge in [0.2, 0.25) is 5.43 Å². The molecule has 0 saturated carbocycles. The summed E-state index contributed by atoms with van der Waals surface area (Å²) in [7, 11) is 0. The quantitative estimate of drug-likeness (QED) is 0.464.